The summed E-state index contributed by atoms with van der Waals surface area (Å²) in [6, 6.07) is 3.01. The highest BCUT2D eigenvalue weighted by Gasteiger charge is 2.28. The molecule has 2 heterocycles. The second-order valence-corrected chi connectivity index (χ2v) is 4.99. The summed E-state index contributed by atoms with van der Waals surface area (Å²) in [7, 11) is 3.41. The van der Waals surface area contributed by atoms with Crippen LogP contribution >= 0.6 is 24.0 Å². The lowest BCUT2D eigenvalue weighted by Crippen LogP contribution is -2.37. The van der Waals surface area contributed by atoms with Crippen molar-refractivity contribution in [2.24, 2.45) is 12.0 Å². The second kappa shape index (κ2) is 10.1. The van der Waals surface area contributed by atoms with Crippen molar-refractivity contribution in [1.82, 2.24) is 30.4 Å². The van der Waals surface area contributed by atoms with E-state index in [1.54, 1.807) is 24.8 Å². The van der Waals surface area contributed by atoms with Crippen LogP contribution in [0, 0.1) is 0 Å². The first kappa shape index (κ1) is 21.9. The van der Waals surface area contributed by atoms with Gasteiger partial charge in [0, 0.05) is 32.9 Å². The Balaban J connectivity index is 0.00000338. The van der Waals surface area contributed by atoms with Gasteiger partial charge in [-0.05, 0) is 5.56 Å². The zero-order valence-electron chi connectivity index (χ0n) is 14.1. The average molecular weight is 485 g/mol. The fourth-order valence-electron chi connectivity index (χ4n) is 1.81. The molecule has 0 aromatic carbocycles. The molecule has 2 aromatic rings. The van der Waals surface area contributed by atoms with Crippen molar-refractivity contribution in [3.63, 3.8) is 0 Å². The number of pyridine rings is 1. The molecular formula is C14H19F3IN7O. The van der Waals surface area contributed by atoms with Gasteiger partial charge in [-0.3, -0.25) is 9.67 Å². The standard InChI is InChI=1S/C14H18F3N7O.HI/c1-18-13(21-7-11-22-9-23-24(11)2)20-6-10-3-4-12(19-5-10)25-8-14(15,16)17;/h3-5,9H,6-8H2,1-2H3,(H2,18,20,21);1H. The first-order valence-electron chi connectivity index (χ1n) is 7.29. The lowest BCUT2D eigenvalue weighted by Gasteiger charge is -2.12. The normalized spacial score (nSPS) is 11.7. The summed E-state index contributed by atoms with van der Waals surface area (Å²) in [5.41, 5.74) is 0.765. The largest absolute Gasteiger partial charge is 0.468 e. The van der Waals surface area contributed by atoms with Gasteiger partial charge in [-0.25, -0.2) is 9.97 Å². The molecule has 0 fully saturated rings. The number of aryl methyl sites for hydroxylation is 1. The number of nitrogens with zero attached hydrogens (tertiary/aromatic N) is 5. The number of halogens is 4. The van der Waals surface area contributed by atoms with Crippen molar-refractivity contribution in [2.45, 2.75) is 19.3 Å². The van der Waals surface area contributed by atoms with Crippen LogP contribution in [0.15, 0.2) is 29.6 Å². The minimum Gasteiger partial charge on any atom is -0.468 e. The number of nitrogens with one attached hydrogen (secondary N) is 2. The van der Waals surface area contributed by atoms with Gasteiger partial charge in [-0.2, -0.15) is 18.3 Å². The van der Waals surface area contributed by atoms with E-state index in [1.165, 1.54) is 18.6 Å². The van der Waals surface area contributed by atoms with E-state index in [4.69, 9.17) is 0 Å². The maximum atomic E-state index is 12.1. The molecule has 0 radical (unpaired) electrons. The average Bonchev–Trinajstić information content (AvgIpc) is 2.98. The van der Waals surface area contributed by atoms with Crippen LogP contribution in [0.1, 0.15) is 11.4 Å². The van der Waals surface area contributed by atoms with Crippen molar-refractivity contribution >= 4 is 29.9 Å². The van der Waals surface area contributed by atoms with E-state index in [2.05, 4.69) is 35.4 Å². The molecule has 0 bridgehead atoms. The molecule has 2 N–H and O–H groups in total. The molecule has 0 saturated heterocycles. The third kappa shape index (κ3) is 7.41. The Bertz CT molecular complexity index is 703. The number of rotatable bonds is 6. The molecule has 26 heavy (non-hydrogen) atoms. The third-order valence-electron chi connectivity index (χ3n) is 3.08. The summed E-state index contributed by atoms with van der Waals surface area (Å²) >= 11 is 0. The highest BCUT2D eigenvalue weighted by molar-refractivity contribution is 14.0. The quantitative estimate of drug-likeness (QED) is 0.368. The Hall–Kier alpha value is -2.12. The van der Waals surface area contributed by atoms with E-state index >= 15 is 0 Å². The molecule has 2 rings (SSSR count). The Kier molecular flexibility index (Phi) is 8.54. The molecule has 0 aliphatic carbocycles. The molecule has 12 heteroatoms. The summed E-state index contributed by atoms with van der Waals surface area (Å²) in [4.78, 5) is 12.0. The second-order valence-electron chi connectivity index (χ2n) is 4.99. The summed E-state index contributed by atoms with van der Waals surface area (Å²) in [5, 5.41) is 10.1. The van der Waals surface area contributed by atoms with Gasteiger partial charge in [0.2, 0.25) is 5.88 Å². The van der Waals surface area contributed by atoms with Gasteiger partial charge >= 0.3 is 6.18 Å². The maximum Gasteiger partial charge on any atom is 0.422 e. The fraction of sp³-hybridized carbons (Fsp3) is 0.429. The number of ether oxygens (including phenoxy) is 1. The van der Waals surface area contributed by atoms with E-state index in [9.17, 15) is 13.2 Å². The monoisotopic (exact) mass is 485 g/mol. The van der Waals surface area contributed by atoms with E-state index in [-0.39, 0.29) is 29.9 Å². The van der Waals surface area contributed by atoms with Crippen molar-refractivity contribution < 1.29 is 17.9 Å². The highest BCUT2D eigenvalue weighted by Crippen LogP contribution is 2.16. The third-order valence-corrected chi connectivity index (χ3v) is 3.08. The predicted octanol–water partition coefficient (Wildman–Crippen LogP) is 1.63. The molecule has 0 unspecified atom stereocenters. The molecule has 0 atom stereocenters. The molecule has 0 saturated carbocycles. The SMILES string of the molecule is CN=C(NCc1ccc(OCC(F)(F)F)nc1)NCc1ncnn1C.I. The lowest BCUT2D eigenvalue weighted by molar-refractivity contribution is -0.154. The minimum atomic E-state index is -4.39. The molecule has 0 amide bonds. The van der Waals surface area contributed by atoms with Crippen LogP contribution in [0.4, 0.5) is 13.2 Å². The van der Waals surface area contributed by atoms with Gasteiger partial charge in [-0.1, -0.05) is 6.07 Å². The van der Waals surface area contributed by atoms with Crippen molar-refractivity contribution in [3.8, 4) is 5.88 Å². The summed E-state index contributed by atoms with van der Waals surface area (Å²) in [5.74, 6) is 1.21. The molecular weight excluding hydrogens is 466 g/mol. The number of alkyl halides is 3. The van der Waals surface area contributed by atoms with Crippen molar-refractivity contribution in [1.29, 1.82) is 0 Å². The van der Waals surface area contributed by atoms with Gasteiger partial charge < -0.3 is 15.4 Å². The number of aromatic nitrogens is 4. The van der Waals surface area contributed by atoms with Gasteiger partial charge in [0.1, 0.15) is 12.2 Å². The number of hydrogen-bond donors (Lipinski definition) is 2. The fourth-order valence-corrected chi connectivity index (χ4v) is 1.81. The number of hydrogen-bond acceptors (Lipinski definition) is 5. The predicted molar refractivity (Wildman–Crippen MR) is 99.2 cm³/mol. The lowest BCUT2D eigenvalue weighted by atomic mass is 10.3. The van der Waals surface area contributed by atoms with Gasteiger partial charge in [0.25, 0.3) is 0 Å². The van der Waals surface area contributed by atoms with Crippen LogP contribution in [0.2, 0.25) is 0 Å². The smallest absolute Gasteiger partial charge is 0.422 e. The Morgan fingerprint density at radius 1 is 1.23 bits per heavy atom. The molecule has 8 nitrogen and oxygen atoms in total. The zero-order chi connectivity index (χ0) is 18.3. The van der Waals surface area contributed by atoms with Crippen molar-refractivity contribution in [2.75, 3.05) is 13.7 Å². The van der Waals surface area contributed by atoms with Gasteiger partial charge in [-0.15, -0.1) is 24.0 Å². The first-order valence-corrected chi connectivity index (χ1v) is 7.29. The maximum absolute atomic E-state index is 12.1. The Morgan fingerprint density at radius 2 is 1.96 bits per heavy atom. The van der Waals surface area contributed by atoms with Crippen LogP contribution in [0.5, 0.6) is 5.88 Å². The van der Waals surface area contributed by atoms with Crippen molar-refractivity contribution in [3.05, 3.63) is 36.0 Å². The molecule has 2 aromatic heterocycles. The van der Waals surface area contributed by atoms with E-state index in [0.29, 0.717) is 19.0 Å². The summed E-state index contributed by atoms with van der Waals surface area (Å²) in [6.45, 7) is -0.528. The van der Waals surface area contributed by atoms with Crippen LogP contribution < -0.4 is 15.4 Å². The van der Waals surface area contributed by atoms with E-state index in [0.717, 1.165) is 11.4 Å². The number of aliphatic imine (C=N–C) groups is 1. The molecule has 0 spiro atoms. The number of guanidine groups is 1. The van der Waals surface area contributed by atoms with Crippen LogP contribution in [-0.2, 0) is 20.1 Å². The highest BCUT2D eigenvalue weighted by atomic mass is 127. The summed E-state index contributed by atoms with van der Waals surface area (Å²) < 4.78 is 42.4. The van der Waals surface area contributed by atoms with E-state index in [1.807, 2.05) is 0 Å². The van der Waals surface area contributed by atoms with Crippen LogP contribution in [-0.4, -0.2) is 45.5 Å². The van der Waals surface area contributed by atoms with Gasteiger partial charge in [0.05, 0.1) is 6.54 Å². The van der Waals surface area contributed by atoms with Gasteiger partial charge in [0.15, 0.2) is 12.6 Å². The topological polar surface area (TPSA) is 89.2 Å². The van der Waals surface area contributed by atoms with E-state index < -0.39 is 12.8 Å². The van der Waals surface area contributed by atoms with Crippen LogP contribution in [0.25, 0.3) is 0 Å². The zero-order valence-corrected chi connectivity index (χ0v) is 16.4. The minimum absolute atomic E-state index is 0. The first-order chi connectivity index (χ1) is 11.9. The Labute approximate surface area is 165 Å². The Morgan fingerprint density at radius 3 is 2.50 bits per heavy atom. The van der Waals surface area contributed by atoms with Crippen LogP contribution in [0.3, 0.4) is 0 Å². The molecule has 144 valence electrons. The molecule has 0 aliphatic rings. The summed E-state index contributed by atoms with van der Waals surface area (Å²) in [6.07, 6.45) is -1.49. The molecule has 0 aliphatic heterocycles.